The second kappa shape index (κ2) is 5.08. The molecule has 0 heterocycles. The zero-order valence-corrected chi connectivity index (χ0v) is 11.4. The smallest absolute Gasteiger partial charge is 0.00772 e. The second-order valence-electron chi connectivity index (χ2n) is 7.11. The fourth-order valence-electron chi connectivity index (χ4n) is 4.08. The third kappa shape index (κ3) is 3.48. The minimum Gasteiger partial charge on any atom is -0.311 e. The summed E-state index contributed by atoms with van der Waals surface area (Å²) in [6, 6.07) is 1.63. The molecule has 0 amide bonds. The standard InChI is InChI=1S/C15H29N/c1-12-9-14(11-15(2,3)10-12)16-13-7-5-4-6-8-13/h12-14,16H,4-11H2,1-3H3/t12-,14?/m0/s1. The van der Waals surface area contributed by atoms with Gasteiger partial charge in [-0.15, -0.1) is 0 Å². The second-order valence-corrected chi connectivity index (χ2v) is 7.11. The van der Waals surface area contributed by atoms with Crippen molar-refractivity contribution >= 4 is 0 Å². The summed E-state index contributed by atoms with van der Waals surface area (Å²) >= 11 is 0. The first-order valence-corrected chi connectivity index (χ1v) is 7.31. The summed E-state index contributed by atoms with van der Waals surface area (Å²) in [7, 11) is 0. The zero-order valence-electron chi connectivity index (χ0n) is 11.4. The van der Waals surface area contributed by atoms with Crippen molar-refractivity contribution < 1.29 is 0 Å². The van der Waals surface area contributed by atoms with E-state index in [9.17, 15) is 0 Å². The third-order valence-corrected chi connectivity index (χ3v) is 4.46. The normalized spacial score (nSPS) is 36.2. The summed E-state index contributed by atoms with van der Waals surface area (Å²) in [4.78, 5) is 0. The topological polar surface area (TPSA) is 12.0 Å². The van der Waals surface area contributed by atoms with Crippen LogP contribution in [0.1, 0.15) is 72.1 Å². The molecule has 2 aliphatic carbocycles. The van der Waals surface area contributed by atoms with Crippen molar-refractivity contribution in [3.63, 3.8) is 0 Å². The third-order valence-electron chi connectivity index (χ3n) is 4.46. The van der Waals surface area contributed by atoms with Crippen LogP contribution in [0.25, 0.3) is 0 Å². The molecule has 2 rings (SSSR count). The van der Waals surface area contributed by atoms with E-state index in [0.717, 1.165) is 18.0 Å². The monoisotopic (exact) mass is 223 g/mol. The SMILES string of the molecule is C[C@H]1CC(NC2CCCCC2)CC(C)(C)C1. The molecule has 2 saturated carbocycles. The average Bonchev–Trinajstić information content (AvgIpc) is 2.15. The number of rotatable bonds is 2. The Kier molecular flexibility index (Phi) is 3.94. The highest BCUT2D eigenvalue weighted by Crippen LogP contribution is 2.38. The number of nitrogens with one attached hydrogen (secondary N) is 1. The molecule has 2 fully saturated rings. The first-order valence-electron chi connectivity index (χ1n) is 7.31. The van der Waals surface area contributed by atoms with Crippen molar-refractivity contribution in [1.29, 1.82) is 0 Å². The van der Waals surface area contributed by atoms with E-state index in [2.05, 4.69) is 26.1 Å². The summed E-state index contributed by atoms with van der Waals surface area (Å²) in [5, 5.41) is 3.94. The lowest BCUT2D eigenvalue weighted by Gasteiger charge is -2.41. The number of hydrogen-bond donors (Lipinski definition) is 1. The van der Waals surface area contributed by atoms with Crippen molar-refractivity contribution in [2.24, 2.45) is 11.3 Å². The van der Waals surface area contributed by atoms with E-state index >= 15 is 0 Å². The Morgan fingerprint density at radius 2 is 1.62 bits per heavy atom. The molecule has 1 unspecified atom stereocenters. The van der Waals surface area contributed by atoms with Gasteiger partial charge in [-0.1, -0.05) is 40.0 Å². The molecule has 2 atom stereocenters. The van der Waals surface area contributed by atoms with Crippen LogP contribution >= 0.6 is 0 Å². The van der Waals surface area contributed by atoms with Gasteiger partial charge in [-0.3, -0.25) is 0 Å². The maximum Gasteiger partial charge on any atom is 0.00772 e. The van der Waals surface area contributed by atoms with E-state index in [4.69, 9.17) is 0 Å². The van der Waals surface area contributed by atoms with Gasteiger partial charge in [0.2, 0.25) is 0 Å². The Bertz CT molecular complexity index is 215. The summed E-state index contributed by atoms with van der Waals surface area (Å²) < 4.78 is 0. The predicted octanol–water partition coefficient (Wildman–Crippen LogP) is 4.12. The lowest BCUT2D eigenvalue weighted by atomic mass is 9.70. The van der Waals surface area contributed by atoms with Crippen LogP contribution in [-0.2, 0) is 0 Å². The fourth-order valence-corrected chi connectivity index (χ4v) is 4.08. The summed E-state index contributed by atoms with van der Waals surface area (Å²) in [5.74, 6) is 0.907. The number of hydrogen-bond acceptors (Lipinski definition) is 1. The van der Waals surface area contributed by atoms with Gasteiger partial charge in [0.15, 0.2) is 0 Å². The van der Waals surface area contributed by atoms with Crippen LogP contribution in [0.2, 0.25) is 0 Å². The Hall–Kier alpha value is -0.0400. The van der Waals surface area contributed by atoms with Gasteiger partial charge in [-0.25, -0.2) is 0 Å². The molecular weight excluding hydrogens is 194 g/mol. The van der Waals surface area contributed by atoms with E-state index < -0.39 is 0 Å². The maximum absolute atomic E-state index is 3.94. The highest BCUT2D eigenvalue weighted by atomic mass is 15.0. The van der Waals surface area contributed by atoms with Crippen molar-refractivity contribution in [3.05, 3.63) is 0 Å². The van der Waals surface area contributed by atoms with Gasteiger partial charge in [0.05, 0.1) is 0 Å². The van der Waals surface area contributed by atoms with Crippen molar-refractivity contribution in [3.8, 4) is 0 Å². The lowest BCUT2D eigenvalue weighted by molar-refractivity contribution is 0.139. The highest BCUT2D eigenvalue weighted by Gasteiger charge is 2.32. The van der Waals surface area contributed by atoms with E-state index in [0.29, 0.717) is 5.41 Å². The summed E-state index contributed by atoms with van der Waals surface area (Å²) in [6.45, 7) is 7.31. The molecule has 0 radical (unpaired) electrons. The van der Waals surface area contributed by atoms with Gasteiger partial charge >= 0.3 is 0 Å². The maximum atomic E-state index is 3.94. The van der Waals surface area contributed by atoms with Gasteiger partial charge < -0.3 is 5.32 Å². The van der Waals surface area contributed by atoms with Gasteiger partial charge in [-0.2, -0.15) is 0 Å². The van der Waals surface area contributed by atoms with E-state index in [-0.39, 0.29) is 0 Å². The fraction of sp³-hybridized carbons (Fsp3) is 1.00. The molecule has 0 saturated heterocycles. The first kappa shape index (κ1) is 12.4. The largest absolute Gasteiger partial charge is 0.311 e. The molecular formula is C15H29N. The molecule has 0 spiro atoms. The van der Waals surface area contributed by atoms with Crippen molar-refractivity contribution in [1.82, 2.24) is 5.32 Å². The van der Waals surface area contributed by atoms with E-state index in [1.807, 2.05) is 0 Å². The quantitative estimate of drug-likeness (QED) is 0.742. The molecule has 94 valence electrons. The molecule has 0 bridgehead atoms. The highest BCUT2D eigenvalue weighted by molar-refractivity contribution is 4.88. The molecule has 2 aliphatic rings. The lowest BCUT2D eigenvalue weighted by Crippen LogP contribution is -2.45. The predicted molar refractivity (Wildman–Crippen MR) is 70.6 cm³/mol. The van der Waals surface area contributed by atoms with E-state index in [1.165, 1.54) is 51.4 Å². The molecule has 1 nitrogen and oxygen atoms in total. The van der Waals surface area contributed by atoms with Gasteiger partial charge in [0, 0.05) is 12.1 Å². The summed E-state index contributed by atoms with van der Waals surface area (Å²) in [6.07, 6.45) is 11.4. The van der Waals surface area contributed by atoms with Gasteiger partial charge in [0.1, 0.15) is 0 Å². The molecule has 16 heavy (non-hydrogen) atoms. The molecule has 0 aliphatic heterocycles. The summed E-state index contributed by atoms with van der Waals surface area (Å²) in [5.41, 5.74) is 0.560. The Labute approximate surface area is 101 Å². The van der Waals surface area contributed by atoms with Crippen LogP contribution in [0.5, 0.6) is 0 Å². The van der Waals surface area contributed by atoms with Gasteiger partial charge in [0.25, 0.3) is 0 Å². The molecule has 0 aromatic heterocycles. The van der Waals surface area contributed by atoms with Crippen LogP contribution in [0, 0.1) is 11.3 Å². The molecule has 1 N–H and O–H groups in total. The van der Waals surface area contributed by atoms with Crippen molar-refractivity contribution in [2.75, 3.05) is 0 Å². The van der Waals surface area contributed by atoms with Crippen LogP contribution in [0.3, 0.4) is 0 Å². The zero-order chi connectivity index (χ0) is 11.6. The van der Waals surface area contributed by atoms with Crippen LogP contribution in [0.15, 0.2) is 0 Å². The van der Waals surface area contributed by atoms with E-state index in [1.54, 1.807) is 0 Å². The Morgan fingerprint density at radius 3 is 2.25 bits per heavy atom. The van der Waals surface area contributed by atoms with Crippen LogP contribution < -0.4 is 5.32 Å². The Morgan fingerprint density at radius 1 is 0.938 bits per heavy atom. The van der Waals surface area contributed by atoms with Gasteiger partial charge in [-0.05, 0) is 43.4 Å². The van der Waals surface area contributed by atoms with Crippen molar-refractivity contribution in [2.45, 2.75) is 84.2 Å². The average molecular weight is 223 g/mol. The Balaban J connectivity index is 1.84. The minimum absolute atomic E-state index is 0.560. The first-order chi connectivity index (χ1) is 7.55. The molecule has 0 aromatic carbocycles. The minimum atomic E-state index is 0.560. The molecule has 0 aromatic rings. The molecule has 1 heteroatoms. The van der Waals surface area contributed by atoms with Crippen LogP contribution in [0.4, 0.5) is 0 Å². The van der Waals surface area contributed by atoms with Crippen LogP contribution in [-0.4, -0.2) is 12.1 Å².